The SMILES string of the molecule is CNC1=CC=C(C=C2C(=O)NC(=O)NC2=O)CC1. The molecule has 0 spiro atoms. The smallest absolute Gasteiger partial charge is 0.328 e. The molecule has 0 unspecified atom stereocenters. The van der Waals surface area contributed by atoms with Crippen molar-refractivity contribution < 1.29 is 14.4 Å². The number of hydrogen-bond acceptors (Lipinski definition) is 4. The van der Waals surface area contributed by atoms with Gasteiger partial charge >= 0.3 is 6.03 Å². The van der Waals surface area contributed by atoms with Crippen LogP contribution >= 0.6 is 0 Å². The second-order valence-corrected chi connectivity index (χ2v) is 3.98. The van der Waals surface area contributed by atoms with Crippen molar-refractivity contribution in [2.45, 2.75) is 12.8 Å². The van der Waals surface area contributed by atoms with Gasteiger partial charge in [0.2, 0.25) is 0 Å². The molecule has 0 bridgehead atoms. The molecule has 0 aromatic heterocycles. The summed E-state index contributed by atoms with van der Waals surface area (Å²) in [6.07, 6.45) is 6.83. The number of barbiturate groups is 1. The predicted octanol–water partition coefficient (Wildman–Crippen LogP) is 0.102. The molecule has 1 aliphatic heterocycles. The molecule has 18 heavy (non-hydrogen) atoms. The Labute approximate surface area is 104 Å². The van der Waals surface area contributed by atoms with E-state index in [1.165, 1.54) is 6.08 Å². The first-order chi connectivity index (χ1) is 8.60. The van der Waals surface area contributed by atoms with Crippen LogP contribution in [0.25, 0.3) is 0 Å². The standard InChI is InChI=1S/C12H13N3O3/c1-13-8-4-2-7(3-5-8)6-9-10(16)14-12(18)15-11(9)17/h2,4,6,13H,3,5H2,1H3,(H2,14,15,16,17,18). The molecule has 0 aromatic rings. The number of hydrogen-bond donors (Lipinski definition) is 3. The lowest BCUT2D eigenvalue weighted by Crippen LogP contribution is -2.51. The van der Waals surface area contributed by atoms with E-state index in [9.17, 15) is 14.4 Å². The van der Waals surface area contributed by atoms with Crippen LogP contribution in [0.4, 0.5) is 4.79 Å². The Bertz CT molecular complexity index is 493. The van der Waals surface area contributed by atoms with E-state index in [2.05, 4.69) is 5.32 Å². The van der Waals surface area contributed by atoms with Crippen molar-refractivity contribution in [3.05, 3.63) is 35.1 Å². The van der Waals surface area contributed by atoms with Crippen molar-refractivity contribution in [3.8, 4) is 0 Å². The summed E-state index contributed by atoms with van der Waals surface area (Å²) in [5.41, 5.74) is 1.94. The van der Waals surface area contributed by atoms with E-state index in [4.69, 9.17) is 0 Å². The Morgan fingerprint density at radius 3 is 2.28 bits per heavy atom. The number of allylic oxidation sites excluding steroid dienone is 5. The summed E-state index contributed by atoms with van der Waals surface area (Å²) in [5, 5.41) is 7.12. The van der Waals surface area contributed by atoms with Crippen molar-refractivity contribution in [1.82, 2.24) is 16.0 Å². The van der Waals surface area contributed by atoms with Gasteiger partial charge < -0.3 is 5.32 Å². The van der Waals surface area contributed by atoms with Gasteiger partial charge in [-0.1, -0.05) is 6.08 Å². The van der Waals surface area contributed by atoms with Crippen LogP contribution < -0.4 is 16.0 Å². The van der Waals surface area contributed by atoms with Crippen molar-refractivity contribution in [2.24, 2.45) is 0 Å². The largest absolute Gasteiger partial charge is 0.391 e. The second-order valence-electron chi connectivity index (χ2n) is 3.98. The summed E-state index contributed by atoms with van der Waals surface area (Å²) in [7, 11) is 1.84. The van der Waals surface area contributed by atoms with E-state index < -0.39 is 17.8 Å². The van der Waals surface area contributed by atoms with Gasteiger partial charge in [0.15, 0.2) is 0 Å². The van der Waals surface area contributed by atoms with E-state index in [-0.39, 0.29) is 5.57 Å². The number of urea groups is 1. The molecule has 0 saturated carbocycles. The van der Waals surface area contributed by atoms with Gasteiger partial charge in [-0.05, 0) is 30.6 Å². The molecule has 4 amide bonds. The summed E-state index contributed by atoms with van der Waals surface area (Å²) in [4.78, 5) is 33.9. The predicted molar refractivity (Wildman–Crippen MR) is 64.2 cm³/mol. The van der Waals surface area contributed by atoms with E-state index in [0.29, 0.717) is 0 Å². The Morgan fingerprint density at radius 2 is 1.78 bits per heavy atom. The van der Waals surface area contributed by atoms with Crippen molar-refractivity contribution in [1.29, 1.82) is 0 Å². The normalized spacial score (nSPS) is 19.6. The monoisotopic (exact) mass is 247 g/mol. The topological polar surface area (TPSA) is 87.3 Å². The number of carbonyl (C=O) groups excluding carboxylic acids is 3. The van der Waals surface area contributed by atoms with E-state index >= 15 is 0 Å². The van der Waals surface area contributed by atoms with Gasteiger partial charge in [0, 0.05) is 12.7 Å². The van der Waals surface area contributed by atoms with Crippen LogP contribution in [0.3, 0.4) is 0 Å². The number of carbonyl (C=O) groups is 3. The maximum Gasteiger partial charge on any atom is 0.328 e. The fraction of sp³-hybridized carbons (Fsp3) is 0.250. The van der Waals surface area contributed by atoms with Crippen LogP contribution in [-0.2, 0) is 9.59 Å². The van der Waals surface area contributed by atoms with Crippen LogP contribution in [0.15, 0.2) is 35.1 Å². The molecule has 0 aromatic carbocycles. The lowest BCUT2D eigenvalue weighted by atomic mass is 9.99. The molecule has 6 nitrogen and oxygen atoms in total. The Kier molecular flexibility index (Phi) is 3.27. The van der Waals surface area contributed by atoms with Crippen molar-refractivity contribution >= 4 is 17.8 Å². The zero-order valence-corrected chi connectivity index (χ0v) is 9.87. The van der Waals surface area contributed by atoms with Crippen LogP contribution in [0.2, 0.25) is 0 Å². The molecular weight excluding hydrogens is 234 g/mol. The van der Waals surface area contributed by atoms with E-state index in [1.54, 1.807) is 0 Å². The van der Waals surface area contributed by atoms with Gasteiger partial charge in [-0.25, -0.2) is 4.79 Å². The zero-order valence-electron chi connectivity index (χ0n) is 9.87. The average molecular weight is 247 g/mol. The van der Waals surface area contributed by atoms with Crippen molar-refractivity contribution in [3.63, 3.8) is 0 Å². The highest BCUT2D eigenvalue weighted by Crippen LogP contribution is 2.19. The number of amides is 4. The Morgan fingerprint density at radius 1 is 1.11 bits per heavy atom. The molecular formula is C12H13N3O3. The number of rotatable bonds is 2. The average Bonchev–Trinajstić information content (AvgIpc) is 2.34. The third-order valence-electron chi connectivity index (χ3n) is 2.78. The van der Waals surface area contributed by atoms with Crippen LogP contribution in [-0.4, -0.2) is 24.9 Å². The third-order valence-corrected chi connectivity index (χ3v) is 2.78. The summed E-state index contributed by atoms with van der Waals surface area (Å²) < 4.78 is 0. The summed E-state index contributed by atoms with van der Waals surface area (Å²) in [6.45, 7) is 0. The molecule has 2 rings (SSSR count). The molecule has 1 fully saturated rings. The molecule has 2 aliphatic rings. The molecule has 0 atom stereocenters. The maximum absolute atomic E-state index is 11.5. The highest BCUT2D eigenvalue weighted by atomic mass is 16.2. The minimum Gasteiger partial charge on any atom is -0.391 e. The van der Waals surface area contributed by atoms with Gasteiger partial charge in [0.1, 0.15) is 5.57 Å². The van der Waals surface area contributed by atoms with Crippen LogP contribution in [0.1, 0.15) is 12.8 Å². The summed E-state index contributed by atoms with van der Waals surface area (Å²) in [5.74, 6) is -1.32. The molecule has 6 heteroatoms. The maximum atomic E-state index is 11.5. The van der Waals surface area contributed by atoms with Crippen LogP contribution in [0, 0.1) is 0 Å². The first-order valence-corrected chi connectivity index (χ1v) is 5.56. The minimum absolute atomic E-state index is 0.0397. The molecule has 0 radical (unpaired) electrons. The Balaban J connectivity index is 2.21. The fourth-order valence-corrected chi connectivity index (χ4v) is 1.77. The molecule has 1 saturated heterocycles. The van der Waals surface area contributed by atoms with Gasteiger partial charge in [-0.2, -0.15) is 0 Å². The third kappa shape index (κ3) is 2.48. The highest BCUT2D eigenvalue weighted by molar-refractivity contribution is 6.29. The van der Waals surface area contributed by atoms with E-state index in [0.717, 1.165) is 24.1 Å². The quantitative estimate of drug-likeness (QED) is 0.477. The Hall–Kier alpha value is -2.37. The van der Waals surface area contributed by atoms with Crippen LogP contribution in [0.5, 0.6) is 0 Å². The lowest BCUT2D eigenvalue weighted by Gasteiger charge is -2.16. The first kappa shape index (κ1) is 12.1. The molecule has 3 N–H and O–H groups in total. The minimum atomic E-state index is -0.780. The highest BCUT2D eigenvalue weighted by Gasteiger charge is 2.27. The summed E-state index contributed by atoms with van der Waals surface area (Å²) >= 11 is 0. The van der Waals surface area contributed by atoms with Gasteiger partial charge in [0.25, 0.3) is 11.8 Å². The molecule has 1 aliphatic carbocycles. The van der Waals surface area contributed by atoms with Gasteiger partial charge in [0.05, 0.1) is 0 Å². The lowest BCUT2D eigenvalue weighted by molar-refractivity contribution is -0.124. The van der Waals surface area contributed by atoms with E-state index in [1.807, 2.05) is 29.8 Å². The number of nitrogens with one attached hydrogen (secondary N) is 3. The zero-order chi connectivity index (χ0) is 13.1. The molecule has 1 heterocycles. The fourth-order valence-electron chi connectivity index (χ4n) is 1.77. The van der Waals surface area contributed by atoms with Crippen molar-refractivity contribution in [2.75, 3.05) is 7.05 Å². The summed E-state index contributed by atoms with van der Waals surface area (Å²) in [6, 6.07) is -0.780. The van der Waals surface area contributed by atoms with Gasteiger partial charge in [-0.15, -0.1) is 0 Å². The second kappa shape index (κ2) is 4.87. The van der Waals surface area contributed by atoms with Gasteiger partial charge in [-0.3, -0.25) is 20.2 Å². The first-order valence-electron chi connectivity index (χ1n) is 5.56. The number of imide groups is 2. The molecule has 94 valence electrons.